The lowest BCUT2D eigenvalue weighted by atomic mass is 10.1. The van der Waals surface area contributed by atoms with Crippen molar-refractivity contribution in [1.29, 1.82) is 0 Å². The van der Waals surface area contributed by atoms with Gasteiger partial charge in [0.25, 0.3) is 0 Å². The highest BCUT2D eigenvalue weighted by molar-refractivity contribution is 5.98. The van der Waals surface area contributed by atoms with Crippen LogP contribution in [0, 0.1) is 5.92 Å². The Balaban J connectivity index is 1.38. The number of carbonyl (C=O) groups excluding carboxylic acids is 1. The van der Waals surface area contributed by atoms with Crippen molar-refractivity contribution >= 4 is 11.7 Å². The van der Waals surface area contributed by atoms with Crippen LogP contribution in [0.5, 0.6) is 0 Å². The summed E-state index contributed by atoms with van der Waals surface area (Å²) in [5, 5.41) is 11.8. The van der Waals surface area contributed by atoms with Crippen molar-refractivity contribution in [2.24, 2.45) is 5.92 Å². The van der Waals surface area contributed by atoms with E-state index in [2.05, 4.69) is 37.0 Å². The molecular formula is C21H25N7O. The maximum absolute atomic E-state index is 13.0. The molecule has 2 aromatic rings. The minimum absolute atomic E-state index is 0.0129. The number of H-pyrrole nitrogens is 1. The highest BCUT2D eigenvalue weighted by Crippen LogP contribution is 2.53. The number of hydrogen-bond donors (Lipinski definition) is 2. The second-order valence-corrected chi connectivity index (χ2v) is 7.47. The Bertz CT molecular complexity index is 977. The Morgan fingerprint density at radius 1 is 1.31 bits per heavy atom. The van der Waals surface area contributed by atoms with Gasteiger partial charge >= 0.3 is 0 Å². The predicted octanol–water partition coefficient (Wildman–Crippen LogP) is 2.06. The molecule has 4 rings (SSSR count). The Morgan fingerprint density at radius 3 is 2.93 bits per heavy atom. The molecule has 2 aromatic heterocycles. The molecule has 1 fully saturated rings. The average Bonchev–Trinajstić information content (AvgIpc) is 3.39. The summed E-state index contributed by atoms with van der Waals surface area (Å²) in [4.78, 5) is 26.6. The molecule has 8 heteroatoms. The first kappa shape index (κ1) is 19.2. The van der Waals surface area contributed by atoms with Crippen LogP contribution in [0.4, 0.5) is 5.82 Å². The predicted molar refractivity (Wildman–Crippen MR) is 110 cm³/mol. The van der Waals surface area contributed by atoms with Gasteiger partial charge in [-0.1, -0.05) is 30.9 Å². The van der Waals surface area contributed by atoms with E-state index < -0.39 is 0 Å². The monoisotopic (exact) mass is 391 g/mol. The third-order valence-corrected chi connectivity index (χ3v) is 5.34. The van der Waals surface area contributed by atoms with Crippen molar-refractivity contribution in [3.8, 4) is 0 Å². The van der Waals surface area contributed by atoms with Gasteiger partial charge in [0.1, 0.15) is 11.6 Å². The lowest BCUT2D eigenvalue weighted by Crippen LogP contribution is -2.46. The maximum atomic E-state index is 13.0. The molecule has 0 aromatic carbocycles. The fraction of sp³-hybridized carbons (Fsp3) is 0.381. The quantitative estimate of drug-likeness (QED) is 0.701. The summed E-state index contributed by atoms with van der Waals surface area (Å²) in [6.07, 6.45) is 12.7. The minimum Gasteiger partial charge on any atom is -0.328 e. The molecule has 1 saturated carbocycles. The molecule has 3 heterocycles. The van der Waals surface area contributed by atoms with Crippen LogP contribution >= 0.6 is 0 Å². The first-order valence-corrected chi connectivity index (χ1v) is 9.78. The molecule has 1 aliphatic heterocycles. The molecule has 150 valence electrons. The number of nitrogens with one attached hydrogen (secondary N) is 2. The number of fused-ring (bicyclic) bond motifs is 3. The third kappa shape index (κ3) is 4.02. The van der Waals surface area contributed by atoms with Gasteiger partial charge in [-0.05, 0) is 24.8 Å². The SMILES string of the molecule is C=C(/C=C\C=C/C)Cc1nnc(CN[C@@H]2C(=O)N(C)c3nccnc3[C@@H]3C[C@H]23)[nH]1. The molecule has 0 saturated heterocycles. The average molecular weight is 391 g/mol. The first-order chi connectivity index (χ1) is 14.1. The van der Waals surface area contributed by atoms with Crippen LogP contribution in [0.3, 0.4) is 0 Å². The van der Waals surface area contributed by atoms with Crippen LogP contribution in [-0.4, -0.2) is 44.1 Å². The van der Waals surface area contributed by atoms with E-state index in [1.54, 1.807) is 24.3 Å². The van der Waals surface area contributed by atoms with Crippen molar-refractivity contribution in [3.63, 3.8) is 0 Å². The molecule has 0 unspecified atom stereocenters. The Morgan fingerprint density at radius 2 is 2.10 bits per heavy atom. The topological polar surface area (TPSA) is 99.7 Å². The number of aromatic nitrogens is 5. The van der Waals surface area contributed by atoms with Crippen molar-refractivity contribution in [2.75, 3.05) is 11.9 Å². The lowest BCUT2D eigenvalue weighted by Gasteiger charge is -2.22. The van der Waals surface area contributed by atoms with E-state index >= 15 is 0 Å². The molecule has 2 N–H and O–H groups in total. The number of amides is 1. The zero-order valence-electron chi connectivity index (χ0n) is 16.7. The zero-order valence-corrected chi connectivity index (χ0v) is 16.7. The van der Waals surface area contributed by atoms with Crippen LogP contribution in [0.25, 0.3) is 0 Å². The number of carbonyl (C=O) groups is 1. The van der Waals surface area contributed by atoms with Gasteiger partial charge in [0, 0.05) is 31.8 Å². The molecule has 1 aliphatic carbocycles. The summed E-state index contributed by atoms with van der Waals surface area (Å²) >= 11 is 0. The lowest BCUT2D eigenvalue weighted by molar-refractivity contribution is -0.120. The fourth-order valence-electron chi connectivity index (χ4n) is 3.77. The van der Waals surface area contributed by atoms with Gasteiger partial charge in [0.05, 0.1) is 18.3 Å². The van der Waals surface area contributed by atoms with Crippen LogP contribution in [0.15, 0.2) is 48.8 Å². The zero-order chi connectivity index (χ0) is 20.4. The van der Waals surface area contributed by atoms with E-state index in [-0.39, 0.29) is 23.8 Å². The second-order valence-electron chi connectivity index (χ2n) is 7.47. The molecule has 1 amide bonds. The highest BCUT2D eigenvalue weighted by atomic mass is 16.2. The van der Waals surface area contributed by atoms with Crippen LogP contribution in [-0.2, 0) is 17.8 Å². The summed E-state index contributed by atoms with van der Waals surface area (Å²) in [5.41, 5.74) is 1.86. The van der Waals surface area contributed by atoms with Crippen LogP contribution in [0.2, 0.25) is 0 Å². The van der Waals surface area contributed by atoms with Crippen molar-refractivity contribution in [2.45, 2.75) is 38.3 Å². The standard InChI is InChI=1S/C21H25N7O/c1-4-5-6-7-13(2)10-16-25-17(27-26-16)12-24-19-15-11-14(15)18-20(23-9-8-22-18)28(3)21(19)29/h4-9,14-15,19,24H,2,10-12H2,1,3H3,(H,25,26,27)/b5-4-,7-6-/t14-,15+,19+/m1/s1. The van der Waals surface area contributed by atoms with Crippen LogP contribution < -0.4 is 10.2 Å². The summed E-state index contributed by atoms with van der Waals surface area (Å²) in [5.74, 6) is 2.66. The Kier molecular flexibility index (Phi) is 5.35. The number of anilines is 1. The van der Waals surface area contributed by atoms with Gasteiger partial charge in [-0.25, -0.2) is 4.98 Å². The van der Waals surface area contributed by atoms with Gasteiger partial charge < -0.3 is 4.98 Å². The van der Waals surface area contributed by atoms with Crippen molar-refractivity contribution in [1.82, 2.24) is 30.5 Å². The second kappa shape index (κ2) is 8.08. The summed E-state index contributed by atoms with van der Waals surface area (Å²) in [7, 11) is 1.76. The van der Waals surface area contributed by atoms with E-state index in [1.807, 2.05) is 31.2 Å². The summed E-state index contributed by atoms with van der Waals surface area (Å²) in [6.45, 7) is 6.44. The Labute approximate surface area is 169 Å². The maximum Gasteiger partial charge on any atom is 0.245 e. The number of aromatic amines is 1. The van der Waals surface area contributed by atoms with Crippen molar-refractivity contribution < 1.29 is 4.79 Å². The third-order valence-electron chi connectivity index (χ3n) is 5.34. The molecule has 0 spiro atoms. The Hall–Kier alpha value is -3.13. The van der Waals surface area contributed by atoms with Gasteiger partial charge in [-0.15, -0.1) is 10.2 Å². The number of allylic oxidation sites excluding steroid dienone is 5. The molecule has 8 nitrogen and oxygen atoms in total. The number of hydrogen-bond acceptors (Lipinski definition) is 6. The van der Waals surface area contributed by atoms with Gasteiger partial charge in [0.15, 0.2) is 5.82 Å². The molecule has 29 heavy (non-hydrogen) atoms. The smallest absolute Gasteiger partial charge is 0.245 e. The van der Waals surface area contributed by atoms with Gasteiger partial charge in [-0.3, -0.25) is 20.0 Å². The van der Waals surface area contributed by atoms with E-state index in [4.69, 9.17) is 0 Å². The summed E-state index contributed by atoms with van der Waals surface area (Å²) in [6, 6.07) is -0.284. The number of likely N-dealkylation sites (N-methyl/N-ethyl adjacent to an activating group) is 1. The van der Waals surface area contributed by atoms with Gasteiger partial charge in [-0.2, -0.15) is 0 Å². The van der Waals surface area contributed by atoms with E-state index in [0.717, 1.165) is 23.5 Å². The first-order valence-electron chi connectivity index (χ1n) is 9.78. The number of nitrogens with zero attached hydrogens (tertiary/aromatic N) is 5. The van der Waals surface area contributed by atoms with E-state index in [0.29, 0.717) is 24.6 Å². The molecule has 0 bridgehead atoms. The normalized spacial score (nSPS) is 23.3. The molecule has 3 atom stereocenters. The number of rotatable bonds is 7. The van der Waals surface area contributed by atoms with E-state index in [1.165, 1.54) is 0 Å². The van der Waals surface area contributed by atoms with Crippen molar-refractivity contribution in [3.05, 3.63) is 66.2 Å². The van der Waals surface area contributed by atoms with Crippen LogP contribution in [0.1, 0.15) is 36.6 Å². The molecule has 0 radical (unpaired) electrons. The largest absolute Gasteiger partial charge is 0.328 e. The summed E-state index contributed by atoms with van der Waals surface area (Å²) < 4.78 is 0. The molecular weight excluding hydrogens is 366 g/mol. The minimum atomic E-state index is -0.284. The highest BCUT2D eigenvalue weighted by Gasteiger charge is 2.52. The van der Waals surface area contributed by atoms with E-state index in [9.17, 15) is 4.79 Å². The fourth-order valence-corrected chi connectivity index (χ4v) is 3.77. The molecule has 2 aliphatic rings. The van der Waals surface area contributed by atoms with Gasteiger partial charge in [0.2, 0.25) is 5.91 Å².